The van der Waals surface area contributed by atoms with Gasteiger partial charge >= 0.3 is 5.97 Å². The molecule has 2 aliphatic rings. The van der Waals surface area contributed by atoms with Crippen LogP contribution in [-0.2, 0) is 30.4 Å². The van der Waals surface area contributed by atoms with E-state index in [0.717, 1.165) is 5.56 Å². The summed E-state index contributed by atoms with van der Waals surface area (Å²) in [5.41, 5.74) is 1.61. The Hall–Kier alpha value is -3.52. The van der Waals surface area contributed by atoms with Crippen LogP contribution in [0.1, 0.15) is 40.4 Å². The molecule has 32 heavy (non-hydrogen) atoms. The second-order valence-corrected chi connectivity index (χ2v) is 7.70. The summed E-state index contributed by atoms with van der Waals surface area (Å²) in [6.45, 7) is 1.97. The first-order valence-corrected chi connectivity index (χ1v) is 10.6. The molecule has 0 bridgehead atoms. The maximum Gasteiger partial charge on any atom is 0.339 e. The van der Waals surface area contributed by atoms with Crippen LogP contribution in [0, 0.1) is 0 Å². The molecule has 2 saturated heterocycles. The highest BCUT2D eigenvalue weighted by molar-refractivity contribution is 6.01. The number of hydrogen-bond acceptors (Lipinski definition) is 6. The number of ether oxygens (including phenoxy) is 2. The van der Waals surface area contributed by atoms with E-state index >= 15 is 0 Å². The molecular weight excluding hydrogens is 412 g/mol. The van der Waals surface area contributed by atoms with E-state index in [-0.39, 0.29) is 42.7 Å². The maximum absolute atomic E-state index is 13.1. The van der Waals surface area contributed by atoms with Crippen molar-refractivity contribution < 1.29 is 28.7 Å². The van der Waals surface area contributed by atoms with Crippen LogP contribution < -0.4 is 0 Å². The number of hydrogen-bond donors (Lipinski definition) is 0. The molecule has 0 radical (unpaired) electrons. The average Bonchev–Trinajstić information content (AvgIpc) is 3.15. The van der Waals surface area contributed by atoms with Crippen LogP contribution in [0.25, 0.3) is 0 Å². The van der Waals surface area contributed by atoms with Crippen molar-refractivity contribution >= 4 is 23.7 Å². The lowest BCUT2D eigenvalue weighted by Crippen LogP contribution is -2.44. The number of imide groups is 1. The van der Waals surface area contributed by atoms with E-state index in [1.807, 2.05) is 6.07 Å². The number of benzene rings is 2. The Morgan fingerprint density at radius 3 is 2.16 bits per heavy atom. The lowest BCUT2D eigenvalue weighted by atomic mass is 10.1. The summed E-state index contributed by atoms with van der Waals surface area (Å²) < 4.78 is 11.0. The number of likely N-dealkylation sites (tertiary alicyclic amines) is 1. The van der Waals surface area contributed by atoms with Crippen molar-refractivity contribution in [3.05, 3.63) is 71.3 Å². The lowest BCUT2D eigenvalue weighted by Gasteiger charge is -2.30. The zero-order chi connectivity index (χ0) is 22.5. The van der Waals surface area contributed by atoms with Crippen molar-refractivity contribution in [3.8, 4) is 0 Å². The van der Waals surface area contributed by atoms with E-state index in [4.69, 9.17) is 9.47 Å². The molecule has 2 aliphatic heterocycles. The van der Waals surface area contributed by atoms with Crippen LogP contribution >= 0.6 is 0 Å². The van der Waals surface area contributed by atoms with Crippen molar-refractivity contribution in [2.75, 3.05) is 26.3 Å². The fraction of sp³-hybridized carbons (Fsp3) is 0.333. The molecule has 8 nitrogen and oxygen atoms in total. The van der Waals surface area contributed by atoms with Gasteiger partial charge in [0.2, 0.25) is 17.9 Å². The molecule has 3 amide bonds. The molecule has 2 aromatic rings. The number of esters is 1. The summed E-state index contributed by atoms with van der Waals surface area (Å²) in [4.78, 5) is 52.4. The first kappa shape index (κ1) is 21.7. The summed E-state index contributed by atoms with van der Waals surface area (Å²) >= 11 is 0. The van der Waals surface area contributed by atoms with Gasteiger partial charge < -0.3 is 14.4 Å². The fourth-order valence-electron chi connectivity index (χ4n) is 3.74. The van der Waals surface area contributed by atoms with Gasteiger partial charge in [0, 0.05) is 31.5 Å². The molecule has 0 spiro atoms. The van der Waals surface area contributed by atoms with Crippen LogP contribution in [0.4, 0.5) is 0 Å². The van der Waals surface area contributed by atoms with Gasteiger partial charge in [-0.3, -0.25) is 19.3 Å². The van der Waals surface area contributed by atoms with Crippen molar-refractivity contribution in [1.82, 2.24) is 9.80 Å². The molecular formula is C24H24N2O6. The predicted octanol–water partition coefficient (Wildman–Crippen LogP) is 2.09. The van der Waals surface area contributed by atoms with E-state index in [0.29, 0.717) is 31.9 Å². The van der Waals surface area contributed by atoms with E-state index in [1.54, 1.807) is 53.4 Å². The summed E-state index contributed by atoms with van der Waals surface area (Å²) in [7, 11) is 0. The number of rotatable bonds is 6. The van der Waals surface area contributed by atoms with E-state index in [9.17, 15) is 19.2 Å². The molecule has 4 rings (SSSR count). The van der Waals surface area contributed by atoms with Crippen LogP contribution in [0.2, 0.25) is 0 Å². The van der Waals surface area contributed by atoms with Gasteiger partial charge in [0.05, 0.1) is 25.3 Å². The Kier molecular flexibility index (Phi) is 6.61. The second kappa shape index (κ2) is 9.74. The molecule has 166 valence electrons. The molecule has 8 heteroatoms. The molecule has 2 aromatic carbocycles. The Morgan fingerprint density at radius 1 is 0.906 bits per heavy atom. The molecule has 0 N–H and O–H groups in total. The van der Waals surface area contributed by atoms with E-state index < -0.39 is 12.1 Å². The van der Waals surface area contributed by atoms with Gasteiger partial charge in [-0.25, -0.2) is 4.79 Å². The minimum atomic E-state index is -1.05. The second-order valence-electron chi connectivity index (χ2n) is 7.70. The minimum absolute atomic E-state index is 0.176. The quantitative estimate of drug-likeness (QED) is 0.509. The lowest BCUT2D eigenvalue weighted by molar-refractivity contribution is -0.145. The first-order valence-electron chi connectivity index (χ1n) is 10.6. The topological polar surface area (TPSA) is 93.2 Å². The number of amides is 3. The Balaban J connectivity index is 1.47. The third-order valence-corrected chi connectivity index (χ3v) is 5.56. The molecule has 0 unspecified atom stereocenters. The fourth-order valence-corrected chi connectivity index (χ4v) is 3.74. The van der Waals surface area contributed by atoms with Crippen molar-refractivity contribution in [2.45, 2.75) is 25.5 Å². The minimum Gasteiger partial charge on any atom is -0.444 e. The smallest absolute Gasteiger partial charge is 0.339 e. The van der Waals surface area contributed by atoms with Crippen molar-refractivity contribution in [1.29, 1.82) is 0 Å². The Bertz CT molecular complexity index is 983. The van der Waals surface area contributed by atoms with Crippen LogP contribution in [0.5, 0.6) is 0 Å². The third-order valence-electron chi connectivity index (χ3n) is 5.56. The van der Waals surface area contributed by atoms with Gasteiger partial charge in [-0.1, -0.05) is 42.5 Å². The first-order chi connectivity index (χ1) is 15.5. The van der Waals surface area contributed by atoms with E-state index in [1.165, 1.54) is 4.90 Å². The summed E-state index contributed by atoms with van der Waals surface area (Å²) in [5.74, 6) is -1.28. The monoisotopic (exact) mass is 436 g/mol. The number of nitrogens with zero attached hydrogens (tertiary/aromatic N) is 2. The Morgan fingerprint density at radius 2 is 1.53 bits per heavy atom. The van der Waals surface area contributed by atoms with Gasteiger partial charge in [-0.15, -0.1) is 0 Å². The summed E-state index contributed by atoms with van der Waals surface area (Å²) in [6, 6.07) is 15.4. The zero-order valence-electron chi connectivity index (χ0n) is 17.6. The summed E-state index contributed by atoms with van der Waals surface area (Å²) in [6.07, 6.45) is -0.580. The van der Waals surface area contributed by atoms with Gasteiger partial charge in [0.25, 0.3) is 5.91 Å². The molecule has 1 atom stereocenters. The highest BCUT2D eigenvalue weighted by Gasteiger charge is 2.31. The van der Waals surface area contributed by atoms with Gasteiger partial charge in [-0.05, 0) is 17.7 Å². The molecule has 0 aliphatic carbocycles. The number of carbonyl (C=O) groups is 4. The third kappa shape index (κ3) is 4.86. The van der Waals surface area contributed by atoms with Crippen molar-refractivity contribution in [2.24, 2.45) is 0 Å². The van der Waals surface area contributed by atoms with Crippen molar-refractivity contribution in [3.63, 3.8) is 0 Å². The molecule has 0 aromatic heterocycles. The largest absolute Gasteiger partial charge is 0.444 e. The number of carbonyl (C=O) groups excluding carboxylic acids is 4. The highest BCUT2D eigenvalue weighted by Crippen LogP contribution is 2.23. The Labute approximate surface area is 185 Å². The summed E-state index contributed by atoms with van der Waals surface area (Å²) in [5, 5.41) is 0. The SMILES string of the molecule is O=C(O[C@@H](C(=O)N1CCOCC1)c1ccccc1)c1ccc(CN2C(=O)CCC2=O)cc1. The predicted molar refractivity (Wildman–Crippen MR) is 113 cm³/mol. The van der Waals surface area contributed by atoms with Gasteiger partial charge in [0.1, 0.15) is 0 Å². The van der Waals surface area contributed by atoms with E-state index in [2.05, 4.69) is 0 Å². The number of morpholine rings is 1. The molecule has 0 saturated carbocycles. The molecule has 2 heterocycles. The zero-order valence-corrected chi connectivity index (χ0v) is 17.6. The van der Waals surface area contributed by atoms with Gasteiger partial charge in [-0.2, -0.15) is 0 Å². The van der Waals surface area contributed by atoms with Crippen LogP contribution in [0.3, 0.4) is 0 Å². The standard InChI is InChI=1S/C24H24N2O6/c27-20-10-11-21(28)26(20)16-17-6-8-19(9-7-17)24(30)32-22(18-4-2-1-3-5-18)23(29)25-12-14-31-15-13-25/h1-9,22H,10-16H2/t22-/m1/s1. The van der Waals surface area contributed by atoms with Crippen LogP contribution in [0.15, 0.2) is 54.6 Å². The average molecular weight is 436 g/mol. The highest BCUT2D eigenvalue weighted by atomic mass is 16.5. The normalized spacial score (nSPS) is 17.4. The van der Waals surface area contributed by atoms with Crippen LogP contribution in [-0.4, -0.2) is 59.8 Å². The molecule has 2 fully saturated rings. The van der Waals surface area contributed by atoms with Gasteiger partial charge in [0.15, 0.2) is 0 Å². The maximum atomic E-state index is 13.1.